The highest BCUT2D eigenvalue weighted by molar-refractivity contribution is 14.0. The Hall–Kier alpha value is -0.0300. The van der Waals surface area contributed by atoms with E-state index in [1.807, 2.05) is 23.1 Å². The number of halogens is 1. The summed E-state index contributed by atoms with van der Waals surface area (Å²) in [4.78, 5) is 10.2. The van der Waals surface area contributed by atoms with Crippen molar-refractivity contribution in [2.45, 2.75) is 26.3 Å². The molecule has 2 N–H and O–H groups in total. The fourth-order valence-corrected chi connectivity index (χ4v) is 4.29. The summed E-state index contributed by atoms with van der Waals surface area (Å²) in [7, 11) is 0. The summed E-state index contributed by atoms with van der Waals surface area (Å²) in [5, 5.41) is 6.82. The number of nitrogens with zero attached hydrogens (tertiary/aromatic N) is 2. The first-order valence-corrected chi connectivity index (χ1v) is 11.3. The predicted octanol–water partition coefficient (Wildman–Crippen LogP) is 3.36. The van der Waals surface area contributed by atoms with Gasteiger partial charge in [0.05, 0.1) is 25.8 Å². The van der Waals surface area contributed by atoms with E-state index in [0.717, 1.165) is 58.3 Å². The van der Waals surface area contributed by atoms with Gasteiger partial charge in [0, 0.05) is 35.9 Å². The lowest BCUT2D eigenvalue weighted by Crippen LogP contribution is -2.41. The zero-order valence-electron chi connectivity index (χ0n) is 16.1. The van der Waals surface area contributed by atoms with Gasteiger partial charge in [-0.15, -0.1) is 35.3 Å². The molecular formula is C18H33IN4OS2. The molecule has 1 aromatic rings. The van der Waals surface area contributed by atoms with Gasteiger partial charge in [-0.3, -0.25) is 9.89 Å². The molecule has 1 aliphatic rings. The van der Waals surface area contributed by atoms with Gasteiger partial charge in [0.25, 0.3) is 0 Å². The maximum atomic E-state index is 5.53. The SMILES string of the molecule is CCNC(=NCC(c1ccc(C)s1)N1CCOCC1)NCCCSC.I. The van der Waals surface area contributed by atoms with Crippen LogP contribution in [-0.2, 0) is 4.74 Å². The Labute approximate surface area is 183 Å². The molecule has 1 aliphatic heterocycles. The van der Waals surface area contributed by atoms with Crippen molar-refractivity contribution in [1.29, 1.82) is 0 Å². The molecule has 0 bridgehead atoms. The van der Waals surface area contributed by atoms with Crippen molar-refractivity contribution in [1.82, 2.24) is 15.5 Å². The average molecular weight is 513 g/mol. The summed E-state index contributed by atoms with van der Waals surface area (Å²) < 4.78 is 5.53. The summed E-state index contributed by atoms with van der Waals surface area (Å²) in [6.45, 7) is 10.5. The van der Waals surface area contributed by atoms with Crippen LogP contribution in [-0.4, -0.2) is 68.8 Å². The lowest BCUT2D eigenvalue weighted by atomic mass is 10.2. The molecule has 1 fully saturated rings. The minimum Gasteiger partial charge on any atom is -0.379 e. The highest BCUT2D eigenvalue weighted by atomic mass is 127. The van der Waals surface area contributed by atoms with Crippen LogP contribution in [0.15, 0.2) is 17.1 Å². The monoisotopic (exact) mass is 512 g/mol. The lowest BCUT2D eigenvalue weighted by Gasteiger charge is -2.33. The highest BCUT2D eigenvalue weighted by Gasteiger charge is 2.23. The van der Waals surface area contributed by atoms with Crippen LogP contribution in [0.25, 0.3) is 0 Å². The zero-order chi connectivity index (χ0) is 17.9. The molecule has 0 radical (unpaired) electrons. The van der Waals surface area contributed by atoms with Gasteiger partial charge in [0.15, 0.2) is 5.96 Å². The molecule has 0 amide bonds. The largest absolute Gasteiger partial charge is 0.379 e. The van der Waals surface area contributed by atoms with Crippen molar-refractivity contribution in [3.63, 3.8) is 0 Å². The van der Waals surface area contributed by atoms with Gasteiger partial charge in [-0.25, -0.2) is 0 Å². The number of aryl methyl sites for hydroxylation is 1. The zero-order valence-corrected chi connectivity index (χ0v) is 20.1. The average Bonchev–Trinajstić information content (AvgIpc) is 3.06. The van der Waals surface area contributed by atoms with Crippen molar-refractivity contribution in [2.75, 3.05) is 57.9 Å². The number of morpholine rings is 1. The van der Waals surface area contributed by atoms with Crippen LogP contribution in [0, 0.1) is 6.92 Å². The Morgan fingerprint density at radius 2 is 2.12 bits per heavy atom. The standard InChI is InChI=1S/C18H32N4OS2.HI/c1-4-19-18(20-8-5-13-24-3)21-14-16(17-7-6-15(2)25-17)22-9-11-23-12-10-22;/h6-7,16H,4-5,8-14H2,1-3H3,(H2,19,20,21);1H. The first kappa shape index (κ1) is 24.0. The van der Waals surface area contributed by atoms with E-state index in [2.05, 4.69) is 47.8 Å². The Morgan fingerprint density at radius 3 is 2.73 bits per heavy atom. The summed E-state index contributed by atoms with van der Waals surface area (Å²) in [5.74, 6) is 2.10. The molecular weight excluding hydrogens is 479 g/mol. The summed E-state index contributed by atoms with van der Waals surface area (Å²) in [6.07, 6.45) is 3.30. The second kappa shape index (κ2) is 14.0. The van der Waals surface area contributed by atoms with E-state index in [4.69, 9.17) is 9.73 Å². The quantitative estimate of drug-likeness (QED) is 0.230. The first-order valence-electron chi connectivity index (χ1n) is 9.13. The van der Waals surface area contributed by atoms with Gasteiger partial charge in [-0.1, -0.05) is 0 Å². The molecule has 2 rings (SSSR count). The maximum absolute atomic E-state index is 5.53. The highest BCUT2D eigenvalue weighted by Crippen LogP contribution is 2.28. The van der Waals surface area contributed by atoms with E-state index in [-0.39, 0.29) is 24.0 Å². The molecule has 1 unspecified atom stereocenters. The molecule has 2 heterocycles. The summed E-state index contributed by atoms with van der Waals surface area (Å²) >= 11 is 3.77. The van der Waals surface area contributed by atoms with Crippen LogP contribution in [0.1, 0.15) is 29.1 Å². The summed E-state index contributed by atoms with van der Waals surface area (Å²) in [5.41, 5.74) is 0. The Kier molecular flexibility index (Phi) is 13.0. The lowest BCUT2D eigenvalue weighted by molar-refractivity contribution is 0.0186. The first-order chi connectivity index (χ1) is 12.2. The second-order valence-electron chi connectivity index (χ2n) is 6.11. The molecule has 8 heteroatoms. The second-order valence-corrected chi connectivity index (χ2v) is 8.41. The number of rotatable bonds is 9. The van der Waals surface area contributed by atoms with E-state index in [1.165, 1.54) is 15.5 Å². The van der Waals surface area contributed by atoms with Crippen molar-refractivity contribution in [2.24, 2.45) is 4.99 Å². The van der Waals surface area contributed by atoms with Gasteiger partial charge in [0.2, 0.25) is 0 Å². The van der Waals surface area contributed by atoms with Crippen LogP contribution in [0.4, 0.5) is 0 Å². The van der Waals surface area contributed by atoms with E-state index in [9.17, 15) is 0 Å². The number of aliphatic imine (C=N–C) groups is 1. The molecule has 1 atom stereocenters. The number of hydrogen-bond acceptors (Lipinski definition) is 5. The Morgan fingerprint density at radius 1 is 1.35 bits per heavy atom. The predicted molar refractivity (Wildman–Crippen MR) is 127 cm³/mol. The smallest absolute Gasteiger partial charge is 0.191 e. The molecule has 5 nitrogen and oxygen atoms in total. The molecule has 0 aromatic carbocycles. The van der Waals surface area contributed by atoms with Crippen LogP contribution < -0.4 is 10.6 Å². The molecule has 0 aliphatic carbocycles. The van der Waals surface area contributed by atoms with Gasteiger partial charge in [0.1, 0.15) is 0 Å². The number of thioether (sulfide) groups is 1. The Balaban J connectivity index is 0.00000338. The van der Waals surface area contributed by atoms with Gasteiger partial charge in [-0.2, -0.15) is 11.8 Å². The van der Waals surface area contributed by atoms with E-state index < -0.39 is 0 Å². The fourth-order valence-electron chi connectivity index (χ4n) is 2.85. The van der Waals surface area contributed by atoms with Crippen LogP contribution in [0.5, 0.6) is 0 Å². The third-order valence-electron chi connectivity index (χ3n) is 4.16. The summed E-state index contributed by atoms with van der Waals surface area (Å²) in [6, 6.07) is 4.81. The van der Waals surface area contributed by atoms with Gasteiger partial charge in [-0.05, 0) is 44.4 Å². The minimum atomic E-state index is 0. The minimum absolute atomic E-state index is 0. The number of thiophene rings is 1. The normalized spacial score (nSPS) is 16.8. The van der Waals surface area contributed by atoms with Crippen LogP contribution >= 0.6 is 47.1 Å². The molecule has 1 saturated heterocycles. The molecule has 0 spiro atoms. The van der Waals surface area contributed by atoms with Crippen molar-refractivity contribution in [3.05, 3.63) is 21.9 Å². The molecule has 26 heavy (non-hydrogen) atoms. The van der Waals surface area contributed by atoms with Crippen LogP contribution in [0.2, 0.25) is 0 Å². The van der Waals surface area contributed by atoms with E-state index >= 15 is 0 Å². The van der Waals surface area contributed by atoms with Crippen molar-refractivity contribution in [3.8, 4) is 0 Å². The molecule has 1 aromatic heterocycles. The van der Waals surface area contributed by atoms with Gasteiger partial charge < -0.3 is 15.4 Å². The van der Waals surface area contributed by atoms with E-state index in [1.54, 1.807) is 0 Å². The number of nitrogens with one attached hydrogen (secondary N) is 2. The third-order valence-corrected chi connectivity index (χ3v) is 5.96. The number of guanidine groups is 1. The maximum Gasteiger partial charge on any atom is 0.191 e. The van der Waals surface area contributed by atoms with Crippen molar-refractivity contribution < 1.29 is 4.74 Å². The van der Waals surface area contributed by atoms with Crippen molar-refractivity contribution >= 4 is 53.0 Å². The van der Waals surface area contributed by atoms with Crippen LogP contribution in [0.3, 0.4) is 0 Å². The van der Waals surface area contributed by atoms with E-state index in [0.29, 0.717) is 6.04 Å². The number of ether oxygens (including phenoxy) is 1. The fraction of sp³-hybridized carbons (Fsp3) is 0.722. The van der Waals surface area contributed by atoms with Gasteiger partial charge >= 0.3 is 0 Å². The topological polar surface area (TPSA) is 48.9 Å². The Bertz CT molecular complexity index is 521. The molecule has 150 valence electrons. The number of hydrogen-bond donors (Lipinski definition) is 2. The molecule has 0 saturated carbocycles. The third kappa shape index (κ3) is 8.33.